The average Bonchev–Trinajstić information content (AvgIpc) is 3.36. The lowest BCUT2D eigenvalue weighted by molar-refractivity contribution is -0.123. The van der Waals surface area contributed by atoms with Gasteiger partial charge in [0.1, 0.15) is 30.2 Å². The lowest BCUT2D eigenvalue weighted by Gasteiger charge is -2.25. The van der Waals surface area contributed by atoms with E-state index >= 15 is 0 Å². The zero-order chi connectivity index (χ0) is 28.3. The Morgan fingerprint density at radius 3 is 2.55 bits per heavy atom. The van der Waals surface area contributed by atoms with Crippen molar-refractivity contribution in [1.82, 2.24) is 24.8 Å². The third-order valence-corrected chi connectivity index (χ3v) is 8.02. The molecule has 3 rings (SSSR count). The van der Waals surface area contributed by atoms with Crippen LogP contribution in [-0.4, -0.2) is 83.5 Å². The fourth-order valence-electron chi connectivity index (χ4n) is 3.57. The number of carbonyl (C=O) groups excluding carboxylic acids is 1. The van der Waals surface area contributed by atoms with E-state index in [4.69, 9.17) is 19.5 Å². The number of hydrogen-bond donors (Lipinski definition) is 6. The summed E-state index contributed by atoms with van der Waals surface area (Å²) in [6, 6.07) is 0. The number of nitrogens with two attached hydrogens (primary N) is 1. The van der Waals surface area contributed by atoms with Crippen molar-refractivity contribution in [2.75, 3.05) is 25.5 Å². The van der Waals surface area contributed by atoms with Gasteiger partial charge in [0.25, 0.3) is 0 Å². The maximum Gasteiger partial charge on any atom is 0.481 e. The van der Waals surface area contributed by atoms with Crippen molar-refractivity contribution in [1.29, 1.82) is 0 Å². The van der Waals surface area contributed by atoms with Crippen LogP contribution in [0.4, 0.5) is 5.82 Å². The number of rotatable bonds is 13. The minimum Gasteiger partial charge on any atom is -0.387 e. The smallest absolute Gasteiger partial charge is 0.387 e. The molecule has 214 valence electrons. The van der Waals surface area contributed by atoms with Gasteiger partial charge in [0.15, 0.2) is 17.7 Å². The summed E-state index contributed by atoms with van der Waals surface area (Å²) in [7, 11) is -10.3. The molecule has 0 spiro atoms. The molecule has 2 aromatic heterocycles. The topological polar surface area (TPSA) is 251 Å². The second kappa shape index (κ2) is 12.0. The summed E-state index contributed by atoms with van der Waals surface area (Å²) in [5.74, 6) is -0.209. The maximum atomic E-state index is 12.3. The molecule has 19 heteroatoms. The van der Waals surface area contributed by atoms with Crippen molar-refractivity contribution in [3.63, 3.8) is 0 Å². The Kier molecular flexibility index (Phi) is 9.63. The molecule has 1 saturated heterocycles. The van der Waals surface area contributed by atoms with Crippen LogP contribution in [0.5, 0.6) is 0 Å². The molecule has 6 unspecified atom stereocenters. The number of aliphatic hydroxyl groups excluding tert-OH is 2. The molecule has 1 fully saturated rings. The first-order valence-corrected chi connectivity index (χ1v) is 14.5. The molecule has 17 nitrogen and oxygen atoms in total. The summed E-state index contributed by atoms with van der Waals surface area (Å²) in [6.45, 7) is 4.29. The Bertz CT molecular complexity index is 1230. The Morgan fingerprint density at radius 1 is 1.18 bits per heavy atom. The van der Waals surface area contributed by atoms with Crippen LogP contribution >= 0.6 is 15.6 Å². The van der Waals surface area contributed by atoms with Crippen LogP contribution in [0.2, 0.25) is 0 Å². The van der Waals surface area contributed by atoms with Gasteiger partial charge in [0, 0.05) is 13.0 Å². The number of fused-ring (bicyclic) bond motifs is 1. The molecule has 1 aliphatic heterocycles. The van der Waals surface area contributed by atoms with Gasteiger partial charge in [0.05, 0.1) is 19.5 Å². The van der Waals surface area contributed by atoms with Gasteiger partial charge in [-0.15, -0.1) is 0 Å². The highest BCUT2D eigenvalue weighted by Crippen LogP contribution is 2.61. The van der Waals surface area contributed by atoms with Gasteiger partial charge in [-0.05, 0) is 11.8 Å². The quantitative estimate of drug-likeness (QED) is 0.173. The first kappa shape index (κ1) is 30.5. The van der Waals surface area contributed by atoms with Gasteiger partial charge < -0.3 is 35.8 Å². The fourth-order valence-corrected chi connectivity index (χ4v) is 5.84. The normalized spacial score (nSPS) is 25.2. The Hall–Kier alpha value is -2.04. The lowest BCUT2D eigenvalue weighted by Crippen LogP contribution is -2.33. The molecule has 6 atom stereocenters. The third-order valence-electron chi connectivity index (χ3n) is 5.44. The molecule has 3 heterocycles. The van der Waals surface area contributed by atoms with E-state index in [-0.39, 0.29) is 29.3 Å². The Labute approximate surface area is 217 Å². The predicted octanol–water partition coefficient (Wildman–Crippen LogP) is 0.221. The summed E-state index contributed by atoms with van der Waals surface area (Å²) in [5.41, 5.74) is 5.28. The molecule has 0 saturated carbocycles. The van der Waals surface area contributed by atoms with Crippen LogP contribution in [0.3, 0.4) is 0 Å². The second-order valence-electron chi connectivity index (χ2n) is 9.41. The highest BCUT2D eigenvalue weighted by atomic mass is 31.3. The van der Waals surface area contributed by atoms with E-state index in [2.05, 4.69) is 24.6 Å². The minimum absolute atomic E-state index is 0.0362. The van der Waals surface area contributed by atoms with Gasteiger partial charge >= 0.3 is 15.6 Å². The zero-order valence-electron chi connectivity index (χ0n) is 20.9. The van der Waals surface area contributed by atoms with Crippen molar-refractivity contribution in [3.8, 4) is 0 Å². The molecular formula is C19H32N6O11P2. The minimum atomic E-state index is -5.21. The van der Waals surface area contributed by atoms with Gasteiger partial charge in [-0.1, -0.05) is 20.8 Å². The van der Waals surface area contributed by atoms with Crippen LogP contribution in [0.1, 0.15) is 39.8 Å². The zero-order valence-corrected chi connectivity index (χ0v) is 22.7. The van der Waals surface area contributed by atoms with E-state index in [1.165, 1.54) is 17.2 Å². The van der Waals surface area contributed by atoms with E-state index in [1.54, 1.807) is 13.8 Å². The van der Waals surface area contributed by atoms with E-state index in [0.29, 0.717) is 6.54 Å². The monoisotopic (exact) mass is 582 g/mol. The number of nitrogens with one attached hydrogen (secondary N) is 1. The Balaban J connectivity index is 1.56. The summed E-state index contributed by atoms with van der Waals surface area (Å²) in [5, 5.41) is 23.5. The number of aliphatic hydroxyl groups is 2. The van der Waals surface area contributed by atoms with Crippen LogP contribution in [0.15, 0.2) is 12.7 Å². The number of anilines is 1. The standard InChI is InChI=1S/C19H32N6O11P2/c1-4-5-21-12(26)6-19(2,3)8-34-38(31,32)36-37(29,30)33-7-11-14(27)15(28)18(35-11)25-10-24-13-16(20)22-9-23-17(13)25/h9-11,14-15,18,27-28H,4-8H2,1-3H3,(H,21,26)(H,29,30)(H,31,32)(H2,20,22,23). The van der Waals surface area contributed by atoms with E-state index in [1.807, 2.05) is 6.92 Å². The molecule has 0 radical (unpaired) electrons. The van der Waals surface area contributed by atoms with Crippen molar-refractivity contribution >= 4 is 38.5 Å². The van der Waals surface area contributed by atoms with Gasteiger partial charge in [-0.25, -0.2) is 24.1 Å². The van der Waals surface area contributed by atoms with E-state index < -0.39 is 58.8 Å². The molecule has 0 aliphatic carbocycles. The third kappa shape index (κ3) is 7.76. The highest BCUT2D eigenvalue weighted by molar-refractivity contribution is 7.61. The predicted molar refractivity (Wildman–Crippen MR) is 130 cm³/mol. The molecule has 0 bridgehead atoms. The summed E-state index contributed by atoms with van der Waals surface area (Å²) >= 11 is 0. The molecule has 2 aromatic rings. The fraction of sp³-hybridized carbons (Fsp3) is 0.684. The number of phosphoric ester groups is 2. The summed E-state index contributed by atoms with van der Waals surface area (Å²) in [6.07, 6.45) is -2.56. The second-order valence-corrected chi connectivity index (χ2v) is 12.5. The number of carbonyl (C=O) groups is 1. The van der Waals surface area contributed by atoms with Gasteiger partial charge in [-0.2, -0.15) is 4.31 Å². The van der Waals surface area contributed by atoms with Crippen LogP contribution in [0.25, 0.3) is 11.2 Å². The number of phosphoric acid groups is 2. The largest absolute Gasteiger partial charge is 0.481 e. The summed E-state index contributed by atoms with van der Waals surface area (Å²) < 4.78 is 45.3. The molecule has 1 aliphatic rings. The van der Waals surface area contributed by atoms with Gasteiger partial charge in [0.2, 0.25) is 5.91 Å². The van der Waals surface area contributed by atoms with Crippen molar-refractivity contribution < 1.29 is 52.0 Å². The first-order valence-electron chi connectivity index (χ1n) is 11.5. The average molecular weight is 582 g/mol. The van der Waals surface area contributed by atoms with Crippen LogP contribution in [0, 0.1) is 5.41 Å². The molecule has 1 amide bonds. The molecular weight excluding hydrogens is 550 g/mol. The van der Waals surface area contributed by atoms with E-state index in [0.717, 1.165) is 6.42 Å². The number of hydrogen-bond acceptors (Lipinski definition) is 13. The van der Waals surface area contributed by atoms with Crippen LogP contribution in [-0.2, 0) is 32.0 Å². The molecule has 0 aromatic carbocycles. The van der Waals surface area contributed by atoms with Crippen molar-refractivity contribution in [2.45, 2.75) is 58.2 Å². The number of nitrogen functional groups attached to an aromatic ring is 1. The van der Waals surface area contributed by atoms with Crippen LogP contribution < -0.4 is 11.1 Å². The van der Waals surface area contributed by atoms with Crippen molar-refractivity contribution in [3.05, 3.63) is 12.7 Å². The SMILES string of the molecule is CCCNC(=O)CC(C)(C)COP(=O)(O)OP(=O)(O)OCC1OC(n2cnc3c(N)ncnc32)C(O)C1O. The number of nitrogens with zero attached hydrogens (tertiary/aromatic N) is 4. The van der Waals surface area contributed by atoms with E-state index in [9.17, 15) is 33.9 Å². The Morgan fingerprint density at radius 2 is 1.87 bits per heavy atom. The summed E-state index contributed by atoms with van der Waals surface area (Å²) in [4.78, 5) is 43.6. The molecule has 7 N–H and O–H groups in total. The lowest BCUT2D eigenvalue weighted by atomic mass is 9.90. The van der Waals surface area contributed by atoms with Gasteiger partial charge in [-0.3, -0.25) is 18.4 Å². The molecule has 38 heavy (non-hydrogen) atoms. The number of ether oxygens (including phenoxy) is 1. The number of amides is 1. The van der Waals surface area contributed by atoms with Crippen molar-refractivity contribution in [2.24, 2.45) is 5.41 Å². The number of imidazole rings is 1. The number of aromatic nitrogens is 4. The first-order chi connectivity index (χ1) is 17.6. The highest BCUT2D eigenvalue weighted by Gasteiger charge is 2.46. The maximum absolute atomic E-state index is 12.3.